The maximum Gasteiger partial charge on any atom is 0.240 e. The lowest BCUT2D eigenvalue weighted by molar-refractivity contribution is -0.117. The van der Waals surface area contributed by atoms with Crippen molar-refractivity contribution in [3.63, 3.8) is 0 Å². The van der Waals surface area contributed by atoms with Crippen molar-refractivity contribution < 1.29 is 4.79 Å². The molecule has 2 aromatic rings. The first-order chi connectivity index (χ1) is 11.5. The monoisotopic (exact) mass is 378 g/mol. The summed E-state index contributed by atoms with van der Waals surface area (Å²) in [6.07, 6.45) is 0.269. The Morgan fingerprint density at radius 2 is 1.79 bits per heavy atom. The number of nitrogens with zero attached hydrogens (tertiary/aromatic N) is 2. The van der Waals surface area contributed by atoms with Crippen LogP contribution in [0.1, 0.15) is 13.3 Å². The van der Waals surface area contributed by atoms with E-state index in [0.717, 1.165) is 5.69 Å². The summed E-state index contributed by atoms with van der Waals surface area (Å²) in [5.41, 5.74) is 0.774. The van der Waals surface area contributed by atoms with Crippen molar-refractivity contribution in [1.82, 2.24) is 0 Å². The van der Waals surface area contributed by atoms with Gasteiger partial charge in [-0.15, -0.1) is 11.8 Å². The van der Waals surface area contributed by atoms with Crippen molar-refractivity contribution in [1.29, 1.82) is 5.26 Å². The quantitative estimate of drug-likeness (QED) is 0.630. The van der Waals surface area contributed by atoms with Gasteiger partial charge < -0.3 is 4.90 Å². The zero-order chi connectivity index (χ0) is 17.5. The average Bonchev–Trinajstić information content (AvgIpc) is 2.59. The Bertz CT molecular complexity index is 726. The highest BCUT2D eigenvalue weighted by Gasteiger charge is 2.24. The van der Waals surface area contributed by atoms with E-state index < -0.39 is 0 Å². The SMILES string of the molecule is CC(Sc1c(Cl)cccc1Cl)C(=O)N(CCC#N)c1ccccc1. The van der Waals surface area contributed by atoms with E-state index in [0.29, 0.717) is 21.5 Å². The molecule has 0 spiro atoms. The number of benzene rings is 2. The Balaban J connectivity index is 2.21. The molecule has 1 atom stereocenters. The van der Waals surface area contributed by atoms with Crippen molar-refractivity contribution in [2.24, 2.45) is 0 Å². The van der Waals surface area contributed by atoms with E-state index >= 15 is 0 Å². The molecule has 24 heavy (non-hydrogen) atoms. The third kappa shape index (κ3) is 4.67. The van der Waals surface area contributed by atoms with Crippen LogP contribution in [0, 0.1) is 11.3 Å². The standard InChI is InChI=1S/C18H16Cl2N2OS/c1-13(24-17-15(19)9-5-10-16(17)20)18(23)22(12-6-11-21)14-7-3-2-4-8-14/h2-5,7-10,13H,6,12H2,1H3. The molecule has 0 aliphatic rings. The predicted molar refractivity (Wildman–Crippen MR) is 101 cm³/mol. The molecule has 0 saturated carbocycles. The topological polar surface area (TPSA) is 44.1 Å². The highest BCUT2D eigenvalue weighted by molar-refractivity contribution is 8.00. The van der Waals surface area contributed by atoms with E-state index in [-0.39, 0.29) is 17.6 Å². The first-order valence-corrected chi connectivity index (χ1v) is 9.02. The van der Waals surface area contributed by atoms with Crippen molar-refractivity contribution in [2.75, 3.05) is 11.4 Å². The zero-order valence-corrected chi connectivity index (χ0v) is 15.4. The summed E-state index contributed by atoms with van der Waals surface area (Å²) in [6.45, 7) is 2.16. The second kappa shape index (κ2) is 8.98. The minimum absolute atomic E-state index is 0.0857. The predicted octanol–water partition coefficient (Wildman–Crippen LogP) is 5.42. The fraction of sp³-hybridized carbons (Fsp3) is 0.222. The van der Waals surface area contributed by atoms with Gasteiger partial charge in [0.25, 0.3) is 0 Å². The lowest BCUT2D eigenvalue weighted by Crippen LogP contribution is -2.37. The molecule has 0 radical (unpaired) electrons. The van der Waals surface area contributed by atoms with Crippen molar-refractivity contribution in [3.05, 3.63) is 58.6 Å². The van der Waals surface area contributed by atoms with Gasteiger partial charge in [0.2, 0.25) is 5.91 Å². The van der Waals surface area contributed by atoms with Crippen LogP contribution in [0.15, 0.2) is 53.4 Å². The zero-order valence-electron chi connectivity index (χ0n) is 13.1. The molecule has 3 nitrogen and oxygen atoms in total. The number of carbonyl (C=O) groups excluding carboxylic acids is 1. The summed E-state index contributed by atoms with van der Waals surface area (Å²) in [5, 5.41) is 9.52. The summed E-state index contributed by atoms with van der Waals surface area (Å²) < 4.78 is 0. The Morgan fingerprint density at radius 3 is 2.38 bits per heavy atom. The minimum Gasteiger partial charge on any atom is -0.310 e. The Morgan fingerprint density at radius 1 is 1.17 bits per heavy atom. The van der Waals surface area contributed by atoms with Crippen LogP contribution in [-0.4, -0.2) is 17.7 Å². The second-order valence-electron chi connectivity index (χ2n) is 5.04. The summed E-state index contributed by atoms with van der Waals surface area (Å²) in [7, 11) is 0. The molecular weight excluding hydrogens is 363 g/mol. The van der Waals surface area contributed by atoms with Crippen LogP contribution >= 0.6 is 35.0 Å². The number of para-hydroxylation sites is 1. The number of hydrogen-bond acceptors (Lipinski definition) is 3. The number of hydrogen-bond donors (Lipinski definition) is 0. The molecule has 0 saturated heterocycles. The van der Waals surface area contributed by atoms with Crippen LogP contribution in [0.5, 0.6) is 0 Å². The number of halogens is 2. The molecular formula is C18H16Cl2N2OS. The molecule has 0 aliphatic heterocycles. The molecule has 1 amide bonds. The van der Waals surface area contributed by atoms with Gasteiger partial charge in [0.15, 0.2) is 0 Å². The summed E-state index contributed by atoms with van der Waals surface area (Å²) in [5.74, 6) is -0.0857. The fourth-order valence-corrected chi connectivity index (χ4v) is 3.79. The van der Waals surface area contributed by atoms with Gasteiger partial charge in [0.1, 0.15) is 0 Å². The number of amides is 1. The molecule has 0 N–H and O–H groups in total. The number of thioether (sulfide) groups is 1. The minimum atomic E-state index is -0.388. The largest absolute Gasteiger partial charge is 0.310 e. The lowest BCUT2D eigenvalue weighted by atomic mass is 10.2. The second-order valence-corrected chi connectivity index (χ2v) is 7.21. The Labute approximate surface area is 156 Å². The van der Waals surface area contributed by atoms with Gasteiger partial charge >= 0.3 is 0 Å². The van der Waals surface area contributed by atoms with Crippen LogP contribution in [0.4, 0.5) is 5.69 Å². The van der Waals surface area contributed by atoms with Gasteiger partial charge in [-0.2, -0.15) is 5.26 Å². The molecule has 0 heterocycles. The Hall–Kier alpha value is -1.67. The third-order valence-electron chi connectivity index (χ3n) is 3.34. The van der Waals surface area contributed by atoms with E-state index in [9.17, 15) is 4.79 Å². The Kier molecular flexibility index (Phi) is 6.99. The van der Waals surface area contributed by atoms with Gasteiger partial charge in [-0.05, 0) is 31.2 Å². The van der Waals surface area contributed by atoms with Gasteiger partial charge in [-0.3, -0.25) is 4.79 Å². The van der Waals surface area contributed by atoms with Gasteiger partial charge in [0, 0.05) is 17.1 Å². The highest BCUT2D eigenvalue weighted by atomic mass is 35.5. The molecule has 6 heteroatoms. The molecule has 124 valence electrons. The van der Waals surface area contributed by atoms with Gasteiger partial charge in [-0.25, -0.2) is 0 Å². The molecule has 2 aromatic carbocycles. The maximum atomic E-state index is 12.9. The molecule has 0 bridgehead atoms. The lowest BCUT2D eigenvalue weighted by Gasteiger charge is -2.25. The van der Waals surface area contributed by atoms with E-state index in [4.69, 9.17) is 28.5 Å². The smallest absolute Gasteiger partial charge is 0.240 e. The molecule has 0 fully saturated rings. The first-order valence-electron chi connectivity index (χ1n) is 7.38. The van der Waals surface area contributed by atoms with Crippen molar-refractivity contribution in [3.8, 4) is 6.07 Å². The van der Waals surface area contributed by atoms with Crippen molar-refractivity contribution >= 4 is 46.6 Å². The van der Waals surface area contributed by atoms with Crippen LogP contribution in [-0.2, 0) is 4.79 Å². The average molecular weight is 379 g/mol. The molecule has 1 unspecified atom stereocenters. The molecule has 2 rings (SSSR count). The van der Waals surface area contributed by atoms with Crippen LogP contribution in [0.25, 0.3) is 0 Å². The van der Waals surface area contributed by atoms with Gasteiger partial charge in [-0.1, -0.05) is 47.5 Å². The van der Waals surface area contributed by atoms with E-state index in [1.54, 1.807) is 23.1 Å². The fourth-order valence-electron chi connectivity index (χ4n) is 2.18. The summed E-state index contributed by atoms with van der Waals surface area (Å²) in [4.78, 5) is 15.2. The van der Waals surface area contributed by atoms with E-state index in [1.807, 2.05) is 37.3 Å². The molecule has 0 aromatic heterocycles. The summed E-state index contributed by atoms with van der Waals surface area (Å²) >= 11 is 13.7. The number of nitriles is 1. The van der Waals surface area contributed by atoms with Crippen molar-refractivity contribution in [2.45, 2.75) is 23.5 Å². The normalized spacial score (nSPS) is 11.6. The highest BCUT2D eigenvalue weighted by Crippen LogP contribution is 2.37. The van der Waals surface area contributed by atoms with E-state index in [1.165, 1.54) is 11.8 Å². The molecule has 0 aliphatic carbocycles. The number of carbonyl (C=O) groups is 1. The number of rotatable bonds is 6. The van der Waals surface area contributed by atoms with Crippen LogP contribution in [0.2, 0.25) is 10.0 Å². The number of anilines is 1. The maximum absolute atomic E-state index is 12.9. The summed E-state index contributed by atoms with van der Waals surface area (Å²) in [6, 6.07) is 16.7. The third-order valence-corrected chi connectivity index (χ3v) is 5.43. The van der Waals surface area contributed by atoms with Crippen LogP contribution in [0.3, 0.4) is 0 Å². The van der Waals surface area contributed by atoms with Gasteiger partial charge in [0.05, 0.1) is 27.8 Å². The van der Waals surface area contributed by atoms with Crippen LogP contribution < -0.4 is 4.90 Å². The van der Waals surface area contributed by atoms with E-state index in [2.05, 4.69) is 6.07 Å². The first kappa shape index (κ1) is 18.7.